The fourth-order valence-electron chi connectivity index (χ4n) is 2.29. The maximum Gasteiger partial charge on any atom is 0.0765 e. The monoisotopic (exact) mass is 277 g/mol. The second kappa shape index (κ2) is 3.71. The largest absolute Gasteiger partial charge is 0.301 e. The fourth-order valence-corrected chi connectivity index (χ4v) is 2.86. The number of rotatable bonds is 1. The van der Waals surface area contributed by atoms with Crippen LogP contribution in [0.25, 0.3) is 0 Å². The predicted molar refractivity (Wildman–Crippen MR) is 66.0 cm³/mol. The molecule has 0 aliphatic carbocycles. The molecule has 1 aliphatic rings. The molecule has 0 amide bonds. The molecule has 0 bridgehead atoms. The normalized spacial score (nSPS) is 18.8. The Morgan fingerprint density at radius 1 is 1.44 bits per heavy atom. The van der Waals surface area contributed by atoms with Crippen molar-refractivity contribution in [3.63, 3.8) is 0 Å². The van der Waals surface area contributed by atoms with Crippen molar-refractivity contribution >= 4 is 15.9 Å². The molecule has 16 heavy (non-hydrogen) atoms. The first-order valence-corrected chi connectivity index (χ1v) is 6.05. The van der Waals surface area contributed by atoms with E-state index in [9.17, 15) is 0 Å². The van der Waals surface area contributed by atoms with E-state index in [-0.39, 0.29) is 6.04 Å². The highest BCUT2D eigenvalue weighted by molar-refractivity contribution is 9.10. The SMILES string of the molecule is Cn1ncc(Br)c1C1NCc2ccccc21. The molecule has 1 aromatic heterocycles. The third-order valence-corrected chi connectivity index (χ3v) is 3.68. The number of hydrogen-bond acceptors (Lipinski definition) is 2. The van der Waals surface area contributed by atoms with Crippen molar-refractivity contribution < 1.29 is 0 Å². The van der Waals surface area contributed by atoms with Crippen molar-refractivity contribution in [3.8, 4) is 0 Å². The number of hydrogen-bond donors (Lipinski definition) is 1. The number of fused-ring (bicyclic) bond motifs is 1. The summed E-state index contributed by atoms with van der Waals surface area (Å²) in [6, 6.07) is 8.77. The summed E-state index contributed by atoms with van der Waals surface area (Å²) in [5.74, 6) is 0. The highest BCUT2D eigenvalue weighted by Gasteiger charge is 2.26. The van der Waals surface area contributed by atoms with E-state index in [1.54, 1.807) is 0 Å². The first-order chi connectivity index (χ1) is 7.77. The Bertz CT molecular complexity index is 513. The van der Waals surface area contributed by atoms with Crippen LogP contribution in [0.5, 0.6) is 0 Å². The summed E-state index contributed by atoms with van der Waals surface area (Å²) < 4.78 is 2.98. The van der Waals surface area contributed by atoms with E-state index in [1.807, 2.05) is 17.9 Å². The Labute approximate surface area is 103 Å². The zero-order chi connectivity index (χ0) is 11.1. The fraction of sp³-hybridized carbons (Fsp3) is 0.250. The molecular weight excluding hydrogens is 266 g/mol. The molecule has 0 fully saturated rings. The molecule has 1 unspecified atom stereocenters. The average molecular weight is 278 g/mol. The number of benzene rings is 1. The van der Waals surface area contributed by atoms with Crippen molar-refractivity contribution in [2.75, 3.05) is 0 Å². The first-order valence-electron chi connectivity index (χ1n) is 5.26. The molecule has 3 nitrogen and oxygen atoms in total. The Balaban J connectivity index is 2.11. The van der Waals surface area contributed by atoms with Gasteiger partial charge in [0.2, 0.25) is 0 Å². The number of halogens is 1. The molecule has 1 aliphatic heterocycles. The summed E-state index contributed by atoms with van der Waals surface area (Å²) in [5.41, 5.74) is 3.91. The lowest BCUT2D eigenvalue weighted by molar-refractivity contribution is 0.595. The molecule has 1 aromatic carbocycles. The molecule has 0 saturated carbocycles. The highest BCUT2D eigenvalue weighted by Crippen LogP contribution is 2.33. The van der Waals surface area contributed by atoms with Gasteiger partial charge in [-0.15, -0.1) is 0 Å². The molecule has 3 rings (SSSR count). The van der Waals surface area contributed by atoms with Gasteiger partial charge >= 0.3 is 0 Å². The van der Waals surface area contributed by atoms with Crippen LogP contribution in [0, 0.1) is 0 Å². The van der Waals surface area contributed by atoms with E-state index < -0.39 is 0 Å². The smallest absolute Gasteiger partial charge is 0.0765 e. The van der Waals surface area contributed by atoms with Gasteiger partial charge < -0.3 is 5.32 Å². The molecule has 0 radical (unpaired) electrons. The first kappa shape index (κ1) is 10.1. The maximum atomic E-state index is 4.26. The van der Waals surface area contributed by atoms with E-state index >= 15 is 0 Å². The number of aryl methyl sites for hydroxylation is 1. The standard InChI is InChI=1S/C12H12BrN3/c1-16-12(10(13)7-15-16)11-9-5-3-2-4-8(9)6-14-11/h2-5,7,11,14H,6H2,1H3. The molecular formula is C12H12BrN3. The van der Waals surface area contributed by atoms with Crippen LogP contribution in [-0.2, 0) is 13.6 Å². The zero-order valence-electron chi connectivity index (χ0n) is 8.94. The number of aromatic nitrogens is 2. The minimum Gasteiger partial charge on any atom is -0.301 e. The van der Waals surface area contributed by atoms with Crippen LogP contribution in [0.4, 0.5) is 0 Å². The van der Waals surface area contributed by atoms with E-state index in [0.29, 0.717) is 0 Å². The van der Waals surface area contributed by atoms with Gasteiger partial charge in [-0.2, -0.15) is 5.10 Å². The van der Waals surface area contributed by atoms with Crippen LogP contribution in [0.2, 0.25) is 0 Å². The Morgan fingerprint density at radius 2 is 2.25 bits per heavy atom. The third kappa shape index (κ3) is 1.41. The molecule has 4 heteroatoms. The average Bonchev–Trinajstić information content (AvgIpc) is 2.83. The van der Waals surface area contributed by atoms with E-state index in [2.05, 4.69) is 50.6 Å². The number of nitrogens with one attached hydrogen (secondary N) is 1. The van der Waals surface area contributed by atoms with Crippen molar-refractivity contribution in [2.45, 2.75) is 12.6 Å². The third-order valence-electron chi connectivity index (χ3n) is 3.07. The summed E-state index contributed by atoms with van der Waals surface area (Å²) in [4.78, 5) is 0. The van der Waals surface area contributed by atoms with Crippen LogP contribution >= 0.6 is 15.9 Å². The van der Waals surface area contributed by atoms with Gasteiger partial charge in [-0.25, -0.2) is 0 Å². The van der Waals surface area contributed by atoms with Crippen LogP contribution in [0.1, 0.15) is 22.9 Å². The highest BCUT2D eigenvalue weighted by atomic mass is 79.9. The molecule has 0 saturated heterocycles. The quantitative estimate of drug-likeness (QED) is 0.868. The summed E-state index contributed by atoms with van der Waals surface area (Å²) in [6.07, 6.45) is 1.85. The molecule has 2 aromatic rings. The Kier molecular flexibility index (Phi) is 2.33. The van der Waals surface area contributed by atoms with E-state index in [1.165, 1.54) is 16.8 Å². The molecule has 0 spiro atoms. The zero-order valence-corrected chi connectivity index (χ0v) is 10.5. The van der Waals surface area contributed by atoms with Crippen LogP contribution < -0.4 is 5.32 Å². The lowest BCUT2D eigenvalue weighted by Gasteiger charge is -2.13. The summed E-state index contributed by atoms with van der Waals surface area (Å²) in [5, 5.41) is 7.78. The maximum absolute atomic E-state index is 4.26. The van der Waals surface area contributed by atoms with Crippen molar-refractivity contribution in [3.05, 3.63) is 51.8 Å². The Morgan fingerprint density at radius 3 is 3.00 bits per heavy atom. The van der Waals surface area contributed by atoms with Gasteiger partial charge in [-0.1, -0.05) is 24.3 Å². The topological polar surface area (TPSA) is 29.9 Å². The Hall–Kier alpha value is -1.13. The predicted octanol–water partition coefficient (Wildman–Crippen LogP) is 2.38. The van der Waals surface area contributed by atoms with Gasteiger partial charge in [0.15, 0.2) is 0 Å². The lowest BCUT2D eigenvalue weighted by Crippen LogP contribution is -2.17. The van der Waals surface area contributed by atoms with Gasteiger partial charge in [0.05, 0.1) is 22.4 Å². The lowest BCUT2D eigenvalue weighted by atomic mass is 10.0. The van der Waals surface area contributed by atoms with E-state index in [4.69, 9.17) is 0 Å². The summed E-state index contributed by atoms with van der Waals surface area (Å²) >= 11 is 3.56. The second-order valence-electron chi connectivity index (χ2n) is 4.01. The van der Waals surface area contributed by atoms with Crippen LogP contribution in [0.3, 0.4) is 0 Å². The molecule has 2 heterocycles. The molecule has 1 N–H and O–H groups in total. The minimum atomic E-state index is 0.248. The van der Waals surface area contributed by atoms with Gasteiger partial charge in [0.1, 0.15) is 0 Å². The van der Waals surface area contributed by atoms with Crippen molar-refractivity contribution in [1.82, 2.24) is 15.1 Å². The van der Waals surface area contributed by atoms with Crippen molar-refractivity contribution in [1.29, 1.82) is 0 Å². The minimum absolute atomic E-state index is 0.248. The number of nitrogens with zero attached hydrogens (tertiary/aromatic N) is 2. The van der Waals surface area contributed by atoms with Gasteiger partial charge in [-0.05, 0) is 27.1 Å². The van der Waals surface area contributed by atoms with E-state index in [0.717, 1.165) is 11.0 Å². The van der Waals surface area contributed by atoms with Crippen molar-refractivity contribution in [2.24, 2.45) is 7.05 Å². The molecule has 82 valence electrons. The van der Waals surface area contributed by atoms with Gasteiger partial charge in [0, 0.05) is 13.6 Å². The van der Waals surface area contributed by atoms with Gasteiger partial charge in [0.25, 0.3) is 0 Å². The summed E-state index contributed by atoms with van der Waals surface area (Å²) in [6.45, 7) is 0.929. The molecule has 1 atom stereocenters. The summed E-state index contributed by atoms with van der Waals surface area (Å²) in [7, 11) is 1.97. The second-order valence-corrected chi connectivity index (χ2v) is 4.87. The van der Waals surface area contributed by atoms with Crippen LogP contribution in [-0.4, -0.2) is 9.78 Å². The van der Waals surface area contributed by atoms with Crippen LogP contribution in [0.15, 0.2) is 34.9 Å². The van der Waals surface area contributed by atoms with Gasteiger partial charge in [-0.3, -0.25) is 4.68 Å².